The van der Waals surface area contributed by atoms with E-state index in [1.54, 1.807) is 6.20 Å². The summed E-state index contributed by atoms with van der Waals surface area (Å²) >= 11 is 1.82. The van der Waals surface area contributed by atoms with E-state index < -0.39 is 0 Å². The van der Waals surface area contributed by atoms with Gasteiger partial charge in [0.05, 0.1) is 12.5 Å². The predicted molar refractivity (Wildman–Crippen MR) is 88.9 cm³/mol. The number of hydrogen-bond donors (Lipinski definition) is 2. The van der Waals surface area contributed by atoms with E-state index in [1.807, 2.05) is 30.0 Å². The van der Waals surface area contributed by atoms with Gasteiger partial charge in [-0.3, -0.25) is 9.59 Å². The van der Waals surface area contributed by atoms with Crippen LogP contribution in [0.25, 0.3) is 0 Å². The second kappa shape index (κ2) is 6.83. The molecular weight excluding hydrogens is 296 g/mol. The van der Waals surface area contributed by atoms with Crippen LogP contribution in [0, 0.1) is 5.92 Å². The van der Waals surface area contributed by atoms with Crippen LogP contribution >= 0.6 is 11.8 Å². The highest BCUT2D eigenvalue weighted by Gasteiger charge is 2.34. The van der Waals surface area contributed by atoms with Gasteiger partial charge in [0, 0.05) is 41.4 Å². The first-order valence-corrected chi connectivity index (χ1v) is 8.47. The van der Waals surface area contributed by atoms with Gasteiger partial charge in [0.1, 0.15) is 0 Å². The van der Waals surface area contributed by atoms with Crippen LogP contribution in [0.4, 0.5) is 0 Å². The number of amides is 1. The fourth-order valence-corrected chi connectivity index (χ4v) is 4.20. The van der Waals surface area contributed by atoms with Crippen molar-refractivity contribution in [1.82, 2.24) is 10.3 Å². The lowest BCUT2D eigenvalue weighted by atomic mass is 9.88. The second-order valence-corrected chi connectivity index (χ2v) is 6.50. The largest absolute Gasteiger partial charge is 0.363 e. The van der Waals surface area contributed by atoms with Gasteiger partial charge in [-0.1, -0.05) is 30.3 Å². The van der Waals surface area contributed by atoms with Gasteiger partial charge >= 0.3 is 0 Å². The molecule has 0 unspecified atom stereocenters. The van der Waals surface area contributed by atoms with Crippen molar-refractivity contribution in [3.8, 4) is 0 Å². The van der Waals surface area contributed by atoms with Crippen LogP contribution in [-0.4, -0.2) is 22.4 Å². The van der Waals surface area contributed by atoms with Gasteiger partial charge in [0.15, 0.2) is 5.43 Å². The maximum Gasteiger partial charge on any atom is 0.224 e. The summed E-state index contributed by atoms with van der Waals surface area (Å²) in [5.74, 6) is 2.13. The summed E-state index contributed by atoms with van der Waals surface area (Å²) < 4.78 is 0. The molecule has 4 nitrogen and oxygen atoms in total. The first kappa shape index (κ1) is 14.9. The van der Waals surface area contributed by atoms with Crippen LogP contribution < -0.4 is 10.7 Å². The Hall–Kier alpha value is -2.01. The van der Waals surface area contributed by atoms with Crippen molar-refractivity contribution >= 4 is 17.7 Å². The first-order valence-electron chi connectivity index (χ1n) is 7.32. The third kappa shape index (κ3) is 3.42. The molecule has 114 valence electrons. The minimum Gasteiger partial charge on any atom is -0.363 e. The molecule has 1 aliphatic heterocycles. The lowest BCUT2D eigenvalue weighted by Gasteiger charge is -2.18. The second-order valence-electron chi connectivity index (χ2n) is 5.43. The SMILES string of the molecule is O=C(NCc1cc(=O)cc[nH]1)[C@@H]1CSC[C@H]1c1ccccc1. The molecule has 5 heteroatoms. The Labute approximate surface area is 133 Å². The van der Waals surface area contributed by atoms with Crippen LogP contribution in [0.5, 0.6) is 0 Å². The molecule has 0 bridgehead atoms. The van der Waals surface area contributed by atoms with E-state index in [9.17, 15) is 9.59 Å². The van der Waals surface area contributed by atoms with Gasteiger partial charge in [0.25, 0.3) is 0 Å². The predicted octanol–water partition coefficient (Wildman–Crippen LogP) is 2.14. The molecule has 0 saturated carbocycles. The topological polar surface area (TPSA) is 62.0 Å². The number of carbonyl (C=O) groups is 1. The molecule has 22 heavy (non-hydrogen) atoms. The zero-order valence-corrected chi connectivity index (χ0v) is 12.9. The molecule has 0 radical (unpaired) electrons. The number of aromatic nitrogens is 1. The van der Waals surface area contributed by atoms with Crippen LogP contribution in [0.2, 0.25) is 0 Å². The number of nitrogens with one attached hydrogen (secondary N) is 2. The number of carbonyl (C=O) groups excluding carboxylic acids is 1. The molecule has 2 N–H and O–H groups in total. The lowest BCUT2D eigenvalue weighted by molar-refractivity contribution is -0.124. The maximum absolute atomic E-state index is 12.5. The number of thioether (sulfide) groups is 1. The first-order chi connectivity index (χ1) is 10.7. The molecule has 1 fully saturated rings. The Kier molecular flexibility index (Phi) is 4.63. The molecule has 1 saturated heterocycles. The molecule has 2 heterocycles. The number of H-pyrrole nitrogens is 1. The van der Waals surface area contributed by atoms with E-state index >= 15 is 0 Å². The van der Waals surface area contributed by atoms with E-state index in [2.05, 4.69) is 22.4 Å². The van der Waals surface area contributed by atoms with Crippen molar-refractivity contribution in [3.63, 3.8) is 0 Å². The maximum atomic E-state index is 12.5. The molecule has 1 aromatic heterocycles. The van der Waals surface area contributed by atoms with Crippen molar-refractivity contribution < 1.29 is 4.79 Å². The Balaban J connectivity index is 1.65. The van der Waals surface area contributed by atoms with Gasteiger partial charge < -0.3 is 10.3 Å². The van der Waals surface area contributed by atoms with E-state index in [0.717, 1.165) is 17.2 Å². The zero-order valence-electron chi connectivity index (χ0n) is 12.1. The third-order valence-corrected chi connectivity index (χ3v) is 5.12. The Morgan fingerprint density at radius 3 is 2.82 bits per heavy atom. The lowest BCUT2D eigenvalue weighted by Crippen LogP contribution is -2.33. The smallest absolute Gasteiger partial charge is 0.224 e. The summed E-state index contributed by atoms with van der Waals surface area (Å²) in [5, 5.41) is 2.95. The average molecular weight is 314 g/mol. The quantitative estimate of drug-likeness (QED) is 0.909. The van der Waals surface area contributed by atoms with Gasteiger partial charge in [-0.15, -0.1) is 0 Å². The zero-order chi connectivity index (χ0) is 15.4. The molecule has 2 aromatic rings. The molecule has 3 rings (SSSR count). The minimum atomic E-state index is -0.0541. The van der Waals surface area contributed by atoms with E-state index in [4.69, 9.17) is 0 Å². The molecule has 0 aliphatic carbocycles. The van der Waals surface area contributed by atoms with Crippen molar-refractivity contribution in [3.05, 3.63) is 70.1 Å². The minimum absolute atomic E-state index is 0.0113. The van der Waals surface area contributed by atoms with Crippen molar-refractivity contribution in [2.45, 2.75) is 12.5 Å². The molecular formula is C17H18N2O2S. The summed E-state index contributed by atoms with van der Waals surface area (Å²) in [5.41, 5.74) is 1.89. The van der Waals surface area contributed by atoms with Crippen molar-refractivity contribution in [1.29, 1.82) is 0 Å². The number of pyridine rings is 1. The van der Waals surface area contributed by atoms with Crippen LogP contribution in [0.15, 0.2) is 53.5 Å². The summed E-state index contributed by atoms with van der Waals surface area (Å²) in [6, 6.07) is 13.2. The highest BCUT2D eigenvalue weighted by molar-refractivity contribution is 7.99. The van der Waals surface area contributed by atoms with Gasteiger partial charge in [-0.25, -0.2) is 0 Å². The normalized spacial score (nSPS) is 20.7. The van der Waals surface area contributed by atoms with Crippen LogP contribution in [0.3, 0.4) is 0 Å². The Bertz CT molecular complexity index is 699. The van der Waals surface area contributed by atoms with E-state index in [-0.39, 0.29) is 23.2 Å². The van der Waals surface area contributed by atoms with Crippen LogP contribution in [0.1, 0.15) is 17.2 Å². The third-order valence-electron chi connectivity index (χ3n) is 3.93. The van der Waals surface area contributed by atoms with Crippen molar-refractivity contribution in [2.75, 3.05) is 11.5 Å². The summed E-state index contributed by atoms with van der Waals surface area (Å²) in [6.45, 7) is 0.359. The average Bonchev–Trinajstić information content (AvgIpc) is 3.03. The fourth-order valence-electron chi connectivity index (χ4n) is 2.75. The molecule has 2 atom stereocenters. The highest BCUT2D eigenvalue weighted by atomic mass is 32.2. The van der Waals surface area contributed by atoms with Gasteiger partial charge in [-0.2, -0.15) is 11.8 Å². The summed E-state index contributed by atoms with van der Waals surface area (Å²) in [4.78, 5) is 26.7. The van der Waals surface area contributed by atoms with Gasteiger partial charge in [-0.05, 0) is 5.56 Å². The number of hydrogen-bond acceptors (Lipinski definition) is 3. The standard InChI is InChI=1S/C17H18N2O2S/c20-14-6-7-18-13(8-14)9-19-17(21)16-11-22-10-15(16)12-4-2-1-3-5-12/h1-8,15-16H,9-11H2,(H,18,20)(H,19,21)/t15-,16+/m0/s1. The Morgan fingerprint density at radius 2 is 2.05 bits per heavy atom. The fraction of sp³-hybridized carbons (Fsp3) is 0.294. The number of rotatable bonds is 4. The number of aromatic amines is 1. The Morgan fingerprint density at radius 1 is 1.23 bits per heavy atom. The highest BCUT2D eigenvalue weighted by Crippen LogP contribution is 2.37. The molecule has 0 spiro atoms. The van der Waals surface area contributed by atoms with E-state index in [1.165, 1.54) is 17.7 Å². The van der Waals surface area contributed by atoms with E-state index in [0.29, 0.717) is 6.54 Å². The monoisotopic (exact) mass is 314 g/mol. The molecule has 1 aromatic carbocycles. The molecule has 1 amide bonds. The van der Waals surface area contributed by atoms with Crippen molar-refractivity contribution in [2.24, 2.45) is 5.92 Å². The molecule has 1 aliphatic rings. The van der Waals surface area contributed by atoms with Crippen LogP contribution in [-0.2, 0) is 11.3 Å². The van der Waals surface area contributed by atoms with Gasteiger partial charge in [0.2, 0.25) is 5.91 Å². The summed E-state index contributed by atoms with van der Waals surface area (Å²) in [6.07, 6.45) is 1.60. The summed E-state index contributed by atoms with van der Waals surface area (Å²) in [7, 11) is 0. The number of benzene rings is 1.